The number of benzene rings is 3. The first-order chi connectivity index (χ1) is 27.2. The van der Waals surface area contributed by atoms with Crippen LogP contribution in [-0.4, -0.2) is 92.5 Å². The van der Waals surface area contributed by atoms with Crippen LogP contribution >= 0.6 is 0 Å². The fourth-order valence-electron chi connectivity index (χ4n) is 6.65. The van der Waals surface area contributed by atoms with Gasteiger partial charge in [0.05, 0.1) is 39.2 Å². The largest absolute Gasteiger partial charge is 0.497 e. The number of azo groups is 1. The highest BCUT2D eigenvalue weighted by molar-refractivity contribution is 5.84. The maximum atomic E-state index is 6.08. The van der Waals surface area contributed by atoms with Crippen LogP contribution in [0.5, 0.6) is 5.75 Å². The molecule has 5 aromatic rings. The maximum absolute atomic E-state index is 6.08. The summed E-state index contributed by atoms with van der Waals surface area (Å²) in [6.45, 7) is 16.5. The molecule has 2 fully saturated rings. The van der Waals surface area contributed by atoms with Crippen LogP contribution in [0.15, 0.2) is 97.1 Å². The molecule has 0 saturated carbocycles. The highest BCUT2D eigenvalue weighted by Crippen LogP contribution is 2.29. The molecule has 0 amide bonds. The molecule has 0 aliphatic carbocycles. The van der Waals surface area contributed by atoms with Crippen LogP contribution in [0.1, 0.15) is 79.1 Å². The van der Waals surface area contributed by atoms with Crippen molar-refractivity contribution in [1.29, 1.82) is 0 Å². The van der Waals surface area contributed by atoms with Crippen molar-refractivity contribution in [1.82, 2.24) is 20.1 Å². The van der Waals surface area contributed by atoms with Gasteiger partial charge in [-0.1, -0.05) is 86.5 Å². The van der Waals surface area contributed by atoms with Gasteiger partial charge in [-0.05, 0) is 51.9 Å². The normalized spacial score (nSPS) is 16.6. The van der Waals surface area contributed by atoms with Gasteiger partial charge in [-0.3, -0.25) is 4.90 Å². The first kappa shape index (κ1) is 40.6. The SMILES string of the molecule is CC(C)Cc1ccc(C(C)c2cc(CN=NCN3CCOCC3)no2)cc1.COc1ccc2cc(C(C)c3cc(CN=C(N)N4CCOCC4)on3)ccc2c1. The standard InChI is InChI=1S/C22H26N4O3.C21H30N4O2/c1-15(16-3-4-18-12-19(27-2)6-5-17(18)11-16)21-13-20(29-25-21)14-24-22(23)26-7-9-28-10-8-26;1-16(2)12-18-4-6-19(7-5-18)17(3)21-13-20(24-27-21)14-22-23-15-25-8-10-26-11-9-25/h3-6,11-13,15H,7-10,14H2,1-2H3,(H2,23,24);4-7,13,16-17H,8-12,14-15H2,1-3H3. The Morgan fingerprint density at radius 3 is 2.18 bits per heavy atom. The third-order valence-electron chi connectivity index (χ3n) is 10.2. The van der Waals surface area contributed by atoms with Gasteiger partial charge < -0.3 is 33.9 Å². The number of guanidine groups is 1. The van der Waals surface area contributed by atoms with E-state index in [4.69, 9.17) is 29.0 Å². The summed E-state index contributed by atoms with van der Waals surface area (Å²) in [4.78, 5) is 8.69. The molecule has 0 spiro atoms. The van der Waals surface area contributed by atoms with Crippen LogP contribution in [0.25, 0.3) is 10.8 Å². The van der Waals surface area contributed by atoms with Crippen molar-refractivity contribution in [2.75, 3.05) is 66.4 Å². The van der Waals surface area contributed by atoms with Crippen LogP contribution < -0.4 is 10.5 Å². The van der Waals surface area contributed by atoms with Crippen LogP contribution in [0.3, 0.4) is 0 Å². The summed E-state index contributed by atoms with van der Waals surface area (Å²) in [6.07, 6.45) is 1.11. The van der Waals surface area contributed by atoms with Gasteiger partial charge in [0.25, 0.3) is 0 Å². The molecule has 2 aliphatic rings. The Labute approximate surface area is 329 Å². The average Bonchev–Trinajstić information content (AvgIpc) is 3.92. The summed E-state index contributed by atoms with van der Waals surface area (Å²) in [5.74, 6) is 3.89. The van der Waals surface area contributed by atoms with Crippen molar-refractivity contribution in [2.45, 2.75) is 59.0 Å². The zero-order valence-electron chi connectivity index (χ0n) is 33.4. The third-order valence-corrected chi connectivity index (χ3v) is 10.2. The second-order valence-corrected chi connectivity index (χ2v) is 14.8. The number of nitrogens with two attached hydrogens (primary N) is 1. The van der Waals surface area contributed by atoms with E-state index < -0.39 is 0 Å². The van der Waals surface area contributed by atoms with Gasteiger partial charge >= 0.3 is 0 Å². The number of nitrogens with zero attached hydrogens (tertiary/aromatic N) is 7. The smallest absolute Gasteiger partial charge is 0.191 e. The van der Waals surface area contributed by atoms with E-state index in [0.29, 0.717) is 50.6 Å². The summed E-state index contributed by atoms with van der Waals surface area (Å²) < 4.78 is 27.0. The van der Waals surface area contributed by atoms with E-state index >= 15 is 0 Å². The first-order valence-corrected chi connectivity index (χ1v) is 19.6. The molecule has 0 bridgehead atoms. The minimum atomic E-state index is 0.111. The number of morpholine rings is 2. The van der Waals surface area contributed by atoms with Gasteiger partial charge in [0, 0.05) is 50.1 Å². The van der Waals surface area contributed by atoms with Crippen molar-refractivity contribution in [3.8, 4) is 5.75 Å². The van der Waals surface area contributed by atoms with Crippen molar-refractivity contribution in [3.63, 3.8) is 0 Å². The molecular formula is C43H56N8O5. The number of hydrogen-bond donors (Lipinski definition) is 1. The first-order valence-electron chi connectivity index (χ1n) is 19.6. The minimum Gasteiger partial charge on any atom is -0.497 e. The van der Waals surface area contributed by atoms with E-state index in [9.17, 15) is 0 Å². The lowest BCUT2D eigenvalue weighted by Crippen LogP contribution is -2.44. The number of rotatable bonds is 13. The fraction of sp³-hybridized carbons (Fsp3) is 0.465. The summed E-state index contributed by atoms with van der Waals surface area (Å²) in [5, 5.41) is 19.2. The lowest BCUT2D eigenvalue weighted by atomic mass is 9.95. The molecule has 56 heavy (non-hydrogen) atoms. The number of fused-ring (bicyclic) bond motifs is 1. The average molecular weight is 765 g/mol. The second kappa shape index (κ2) is 20.2. The van der Waals surface area contributed by atoms with Gasteiger partial charge in [0.2, 0.25) is 0 Å². The van der Waals surface area contributed by atoms with E-state index in [1.807, 2.05) is 29.2 Å². The number of hydrogen-bond acceptors (Lipinski definition) is 11. The predicted octanol–water partition coefficient (Wildman–Crippen LogP) is 7.40. The molecule has 2 aliphatic heterocycles. The van der Waals surface area contributed by atoms with Crippen molar-refractivity contribution < 1.29 is 23.3 Å². The van der Waals surface area contributed by atoms with Gasteiger partial charge in [-0.2, -0.15) is 10.2 Å². The zero-order valence-corrected chi connectivity index (χ0v) is 33.4. The molecule has 2 aromatic heterocycles. The fourth-order valence-corrected chi connectivity index (χ4v) is 6.65. The lowest BCUT2D eigenvalue weighted by Gasteiger charge is -2.27. The summed E-state index contributed by atoms with van der Waals surface area (Å²) in [6, 6.07) is 25.2. The minimum absolute atomic E-state index is 0.111. The van der Waals surface area contributed by atoms with Gasteiger partial charge in [0.15, 0.2) is 11.7 Å². The Balaban J connectivity index is 0.000000190. The predicted molar refractivity (Wildman–Crippen MR) is 217 cm³/mol. The molecule has 2 unspecified atom stereocenters. The Bertz CT molecular complexity index is 2010. The van der Waals surface area contributed by atoms with Gasteiger partial charge in [-0.25, -0.2) is 4.99 Å². The Kier molecular flexibility index (Phi) is 14.6. The Morgan fingerprint density at radius 2 is 1.45 bits per heavy atom. The topological polar surface area (TPSA) is 149 Å². The highest BCUT2D eigenvalue weighted by Gasteiger charge is 2.17. The molecule has 0 radical (unpaired) electrons. The molecule has 13 nitrogen and oxygen atoms in total. The van der Waals surface area contributed by atoms with Crippen molar-refractivity contribution >= 4 is 16.7 Å². The summed E-state index contributed by atoms with van der Waals surface area (Å²) in [7, 11) is 1.68. The van der Waals surface area contributed by atoms with E-state index in [0.717, 1.165) is 74.1 Å². The molecular weight excluding hydrogens is 709 g/mol. The van der Waals surface area contributed by atoms with Crippen LogP contribution in [0.2, 0.25) is 0 Å². The number of aromatic nitrogens is 2. The highest BCUT2D eigenvalue weighted by atomic mass is 16.5. The van der Waals surface area contributed by atoms with E-state index in [-0.39, 0.29) is 11.8 Å². The van der Waals surface area contributed by atoms with E-state index in [1.165, 1.54) is 22.1 Å². The van der Waals surface area contributed by atoms with Crippen LogP contribution in [0, 0.1) is 5.92 Å². The lowest BCUT2D eigenvalue weighted by molar-refractivity contribution is 0.0385. The Morgan fingerprint density at radius 1 is 0.750 bits per heavy atom. The summed E-state index contributed by atoms with van der Waals surface area (Å²) in [5.41, 5.74) is 11.6. The Hall–Kier alpha value is -5.11. The van der Waals surface area contributed by atoms with Crippen LogP contribution in [0.4, 0.5) is 0 Å². The zero-order chi connectivity index (χ0) is 39.3. The van der Waals surface area contributed by atoms with E-state index in [2.05, 4.69) is 107 Å². The number of methoxy groups -OCH3 is 1. The number of aliphatic imine (C=N–C) groups is 1. The molecule has 2 N–H and O–H groups in total. The van der Waals surface area contributed by atoms with Crippen LogP contribution in [-0.2, 0) is 29.0 Å². The number of ether oxygens (including phenoxy) is 3. The maximum Gasteiger partial charge on any atom is 0.191 e. The molecule has 2 atom stereocenters. The van der Waals surface area contributed by atoms with E-state index in [1.54, 1.807) is 7.11 Å². The molecule has 2 saturated heterocycles. The molecule has 3 aromatic carbocycles. The quantitative estimate of drug-likeness (QED) is 0.0730. The van der Waals surface area contributed by atoms with Gasteiger partial charge in [-0.15, -0.1) is 0 Å². The van der Waals surface area contributed by atoms with Crippen molar-refractivity contribution in [3.05, 3.63) is 112 Å². The molecule has 13 heteroatoms. The van der Waals surface area contributed by atoms with Gasteiger partial charge in [0.1, 0.15) is 37.0 Å². The molecule has 7 rings (SSSR count). The molecule has 4 heterocycles. The second-order valence-electron chi connectivity index (χ2n) is 14.8. The van der Waals surface area contributed by atoms with Crippen molar-refractivity contribution in [2.24, 2.45) is 26.9 Å². The third kappa shape index (κ3) is 11.5. The monoisotopic (exact) mass is 764 g/mol. The molecule has 298 valence electrons. The summed E-state index contributed by atoms with van der Waals surface area (Å²) >= 11 is 0.